The molecule has 18 heavy (non-hydrogen) atoms. The Labute approximate surface area is 107 Å². The molecule has 1 aromatic heterocycles. The number of fused-ring (bicyclic) bond motifs is 1. The molecule has 3 N–H and O–H groups in total. The second-order valence-electron chi connectivity index (χ2n) is 4.62. The van der Waals surface area contributed by atoms with Crippen molar-refractivity contribution in [2.24, 2.45) is 5.73 Å². The van der Waals surface area contributed by atoms with Gasteiger partial charge in [0, 0.05) is 50.0 Å². The molecule has 0 spiro atoms. The lowest BCUT2D eigenvalue weighted by atomic mass is 10.1. The number of anilines is 1. The molecule has 0 radical (unpaired) electrons. The Morgan fingerprint density at radius 3 is 2.83 bits per heavy atom. The van der Waals surface area contributed by atoms with Crippen molar-refractivity contribution in [2.75, 3.05) is 31.1 Å². The van der Waals surface area contributed by atoms with E-state index in [1.165, 1.54) is 11.1 Å². The van der Waals surface area contributed by atoms with Crippen LogP contribution in [-0.2, 0) is 6.54 Å². The van der Waals surface area contributed by atoms with Gasteiger partial charge < -0.3 is 16.0 Å². The molecule has 1 saturated heterocycles. The molecule has 2 heterocycles. The number of nitrogens with one attached hydrogen (secondary N) is 1. The third-order valence-electron chi connectivity index (χ3n) is 3.48. The van der Waals surface area contributed by atoms with E-state index in [2.05, 4.69) is 39.5 Å². The molecule has 0 bridgehead atoms. The Morgan fingerprint density at radius 1 is 1.22 bits per heavy atom. The molecule has 4 nitrogen and oxygen atoms in total. The molecule has 0 unspecified atom stereocenters. The first-order valence-electron chi connectivity index (χ1n) is 6.42. The second-order valence-corrected chi connectivity index (χ2v) is 4.62. The van der Waals surface area contributed by atoms with Gasteiger partial charge in [-0.1, -0.05) is 12.1 Å². The number of nitrogens with zero attached hydrogens (tertiary/aromatic N) is 2. The largest absolute Gasteiger partial charge is 0.368 e. The normalized spacial score (nSPS) is 16.2. The highest BCUT2D eigenvalue weighted by molar-refractivity contribution is 5.92. The maximum atomic E-state index is 5.68. The van der Waals surface area contributed by atoms with E-state index in [1.807, 2.05) is 6.20 Å². The van der Waals surface area contributed by atoms with Crippen molar-refractivity contribution in [3.8, 4) is 0 Å². The molecule has 0 aliphatic carbocycles. The molecule has 3 rings (SSSR count). The highest BCUT2D eigenvalue weighted by Gasteiger charge is 2.13. The van der Waals surface area contributed by atoms with E-state index in [0.29, 0.717) is 6.54 Å². The van der Waals surface area contributed by atoms with E-state index in [4.69, 9.17) is 5.73 Å². The van der Waals surface area contributed by atoms with Gasteiger partial charge in [-0.05, 0) is 17.7 Å². The van der Waals surface area contributed by atoms with Crippen LogP contribution in [-0.4, -0.2) is 31.2 Å². The summed E-state index contributed by atoms with van der Waals surface area (Å²) in [6.07, 6.45) is 1.89. The second kappa shape index (κ2) is 4.92. The fourth-order valence-corrected chi connectivity index (χ4v) is 2.49. The number of hydrogen-bond acceptors (Lipinski definition) is 4. The minimum Gasteiger partial charge on any atom is -0.368 e. The van der Waals surface area contributed by atoms with Crippen molar-refractivity contribution in [3.05, 3.63) is 36.0 Å². The summed E-state index contributed by atoms with van der Waals surface area (Å²) in [5.74, 6) is 0. The first kappa shape index (κ1) is 11.4. The van der Waals surface area contributed by atoms with Gasteiger partial charge in [0.05, 0.1) is 5.52 Å². The fourth-order valence-electron chi connectivity index (χ4n) is 2.49. The number of pyridine rings is 1. The predicted molar refractivity (Wildman–Crippen MR) is 74.7 cm³/mol. The van der Waals surface area contributed by atoms with Gasteiger partial charge in [0.25, 0.3) is 0 Å². The molecule has 0 saturated carbocycles. The standard InChI is InChI=1S/C14H18N4/c15-10-11-1-2-12-13(9-11)17-4-3-14(12)18-7-5-16-6-8-18/h1-4,9,16H,5-8,10,15H2. The van der Waals surface area contributed by atoms with Gasteiger partial charge in [0.15, 0.2) is 0 Å². The van der Waals surface area contributed by atoms with Crippen molar-refractivity contribution in [2.45, 2.75) is 6.54 Å². The van der Waals surface area contributed by atoms with Crippen LogP contribution in [0.3, 0.4) is 0 Å². The number of benzene rings is 1. The Bertz CT molecular complexity index is 546. The average molecular weight is 242 g/mol. The summed E-state index contributed by atoms with van der Waals surface area (Å²) < 4.78 is 0. The zero-order valence-electron chi connectivity index (χ0n) is 10.4. The topological polar surface area (TPSA) is 54.2 Å². The maximum Gasteiger partial charge on any atom is 0.0726 e. The molecule has 4 heteroatoms. The number of rotatable bonds is 2. The van der Waals surface area contributed by atoms with Gasteiger partial charge in [-0.15, -0.1) is 0 Å². The van der Waals surface area contributed by atoms with Crippen LogP contribution in [0.5, 0.6) is 0 Å². The van der Waals surface area contributed by atoms with Crippen LogP contribution in [0.25, 0.3) is 10.9 Å². The van der Waals surface area contributed by atoms with E-state index in [1.54, 1.807) is 0 Å². The highest BCUT2D eigenvalue weighted by Crippen LogP contribution is 2.26. The minimum absolute atomic E-state index is 0.565. The monoisotopic (exact) mass is 242 g/mol. The van der Waals surface area contributed by atoms with E-state index in [-0.39, 0.29) is 0 Å². The summed E-state index contributed by atoms with van der Waals surface area (Å²) >= 11 is 0. The molecule has 1 aliphatic heterocycles. The quantitative estimate of drug-likeness (QED) is 0.828. The van der Waals surface area contributed by atoms with Crippen LogP contribution in [0, 0.1) is 0 Å². The average Bonchev–Trinajstić information content (AvgIpc) is 2.47. The van der Waals surface area contributed by atoms with Crippen LogP contribution in [0.2, 0.25) is 0 Å². The van der Waals surface area contributed by atoms with E-state index >= 15 is 0 Å². The summed E-state index contributed by atoms with van der Waals surface area (Å²) in [7, 11) is 0. The molecule has 0 atom stereocenters. The lowest BCUT2D eigenvalue weighted by Crippen LogP contribution is -2.43. The molecular formula is C14H18N4. The lowest BCUT2D eigenvalue weighted by Gasteiger charge is -2.30. The first-order valence-corrected chi connectivity index (χ1v) is 6.42. The number of aromatic nitrogens is 1. The van der Waals surface area contributed by atoms with Crippen molar-refractivity contribution in [1.82, 2.24) is 10.3 Å². The summed E-state index contributed by atoms with van der Waals surface area (Å²) in [5, 5.41) is 4.60. The third kappa shape index (κ3) is 2.05. The SMILES string of the molecule is NCc1ccc2c(N3CCNCC3)ccnc2c1. The Balaban J connectivity index is 2.05. The first-order chi connectivity index (χ1) is 8.88. The molecule has 1 aliphatic rings. The van der Waals surface area contributed by atoms with Gasteiger partial charge in [0.1, 0.15) is 0 Å². The third-order valence-corrected chi connectivity index (χ3v) is 3.48. The van der Waals surface area contributed by atoms with E-state index in [9.17, 15) is 0 Å². The van der Waals surface area contributed by atoms with Crippen molar-refractivity contribution < 1.29 is 0 Å². The predicted octanol–water partition coefficient (Wildman–Crippen LogP) is 1.10. The van der Waals surface area contributed by atoms with Gasteiger partial charge in [-0.25, -0.2) is 0 Å². The number of piperazine rings is 1. The van der Waals surface area contributed by atoms with Gasteiger partial charge >= 0.3 is 0 Å². The highest BCUT2D eigenvalue weighted by atomic mass is 15.2. The minimum atomic E-state index is 0.565. The summed E-state index contributed by atoms with van der Waals surface area (Å²) in [4.78, 5) is 6.87. The van der Waals surface area contributed by atoms with Crippen LogP contribution in [0.4, 0.5) is 5.69 Å². The molecule has 0 amide bonds. The maximum absolute atomic E-state index is 5.68. The molecular weight excluding hydrogens is 224 g/mol. The Hall–Kier alpha value is -1.65. The summed E-state index contributed by atoms with van der Waals surface area (Å²) in [5.41, 5.74) is 9.13. The van der Waals surface area contributed by atoms with Crippen molar-refractivity contribution in [3.63, 3.8) is 0 Å². The smallest absolute Gasteiger partial charge is 0.0726 e. The van der Waals surface area contributed by atoms with Crippen LogP contribution < -0.4 is 16.0 Å². The lowest BCUT2D eigenvalue weighted by molar-refractivity contribution is 0.590. The Kier molecular flexibility index (Phi) is 3.13. The Morgan fingerprint density at radius 2 is 2.06 bits per heavy atom. The zero-order chi connectivity index (χ0) is 12.4. The van der Waals surface area contributed by atoms with Crippen LogP contribution in [0.1, 0.15) is 5.56 Å². The molecule has 94 valence electrons. The van der Waals surface area contributed by atoms with Gasteiger partial charge in [-0.2, -0.15) is 0 Å². The van der Waals surface area contributed by atoms with Gasteiger partial charge in [-0.3, -0.25) is 4.98 Å². The zero-order valence-corrected chi connectivity index (χ0v) is 10.4. The molecule has 2 aromatic rings. The van der Waals surface area contributed by atoms with Crippen molar-refractivity contribution in [1.29, 1.82) is 0 Å². The number of hydrogen-bond donors (Lipinski definition) is 2. The molecule has 1 aromatic carbocycles. The van der Waals surface area contributed by atoms with E-state index < -0.39 is 0 Å². The molecule has 1 fully saturated rings. The van der Waals surface area contributed by atoms with Gasteiger partial charge in [0.2, 0.25) is 0 Å². The summed E-state index contributed by atoms with van der Waals surface area (Å²) in [6, 6.07) is 8.43. The number of nitrogens with two attached hydrogens (primary N) is 1. The fraction of sp³-hybridized carbons (Fsp3) is 0.357. The van der Waals surface area contributed by atoms with Crippen LogP contribution >= 0.6 is 0 Å². The van der Waals surface area contributed by atoms with Crippen LogP contribution in [0.15, 0.2) is 30.5 Å². The summed E-state index contributed by atoms with van der Waals surface area (Å²) in [6.45, 7) is 4.76. The van der Waals surface area contributed by atoms with Crippen molar-refractivity contribution >= 4 is 16.6 Å². The van der Waals surface area contributed by atoms with E-state index in [0.717, 1.165) is 37.3 Å².